The van der Waals surface area contributed by atoms with Gasteiger partial charge in [-0.15, -0.1) is 13.2 Å². The molecule has 0 atom stereocenters. The van der Waals surface area contributed by atoms with E-state index in [0.717, 1.165) is 0 Å². The standard InChI is InChI=1S/C21H22F4N2O3/c22-18-3-1-2-4-19(18)29-14-13-26-9-11-27(12-10-26)20(28)15-16-5-7-17(8-6-16)30-21(23,24)25/h1-8H,9-15H2. The Morgan fingerprint density at radius 2 is 1.63 bits per heavy atom. The topological polar surface area (TPSA) is 42.0 Å². The molecule has 1 aliphatic heterocycles. The van der Waals surface area contributed by atoms with Gasteiger partial charge >= 0.3 is 6.36 Å². The zero-order valence-corrected chi connectivity index (χ0v) is 16.2. The third-order valence-electron chi connectivity index (χ3n) is 4.74. The minimum atomic E-state index is -4.74. The summed E-state index contributed by atoms with van der Waals surface area (Å²) in [6, 6.07) is 11.5. The summed E-state index contributed by atoms with van der Waals surface area (Å²) < 4.78 is 59.4. The third-order valence-corrected chi connectivity index (χ3v) is 4.74. The molecule has 2 aromatic carbocycles. The molecular weight excluding hydrogens is 404 g/mol. The molecule has 0 saturated carbocycles. The summed E-state index contributed by atoms with van der Waals surface area (Å²) in [6.45, 7) is 3.41. The monoisotopic (exact) mass is 426 g/mol. The van der Waals surface area contributed by atoms with Crippen LogP contribution in [0.4, 0.5) is 17.6 Å². The van der Waals surface area contributed by atoms with Gasteiger partial charge in [-0.3, -0.25) is 9.69 Å². The second-order valence-corrected chi connectivity index (χ2v) is 6.87. The van der Waals surface area contributed by atoms with Gasteiger partial charge in [-0.25, -0.2) is 4.39 Å². The van der Waals surface area contributed by atoms with Gasteiger partial charge in [0.25, 0.3) is 0 Å². The van der Waals surface area contributed by atoms with E-state index in [9.17, 15) is 22.4 Å². The Morgan fingerprint density at radius 3 is 2.27 bits per heavy atom. The highest BCUT2D eigenvalue weighted by molar-refractivity contribution is 5.79. The molecule has 162 valence electrons. The third kappa shape index (κ3) is 6.62. The second-order valence-electron chi connectivity index (χ2n) is 6.87. The van der Waals surface area contributed by atoms with Crippen LogP contribution in [0.2, 0.25) is 0 Å². The number of piperazine rings is 1. The molecule has 1 amide bonds. The van der Waals surface area contributed by atoms with Gasteiger partial charge in [-0.05, 0) is 29.8 Å². The Hall–Kier alpha value is -2.81. The molecule has 0 aromatic heterocycles. The first-order chi connectivity index (χ1) is 14.3. The Balaban J connectivity index is 1.39. The number of alkyl halides is 3. The van der Waals surface area contributed by atoms with Crippen LogP contribution in [0.1, 0.15) is 5.56 Å². The van der Waals surface area contributed by atoms with E-state index in [2.05, 4.69) is 9.64 Å². The smallest absolute Gasteiger partial charge is 0.489 e. The molecule has 3 rings (SSSR count). The Kier molecular flexibility index (Phi) is 7.15. The van der Waals surface area contributed by atoms with Gasteiger partial charge in [-0.2, -0.15) is 0 Å². The molecule has 0 bridgehead atoms. The molecule has 1 fully saturated rings. The number of ether oxygens (including phenoxy) is 2. The molecule has 1 heterocycles. The molecule has 0 N–H and O–H groups in total. The van der Waals surface area contributed by atoms with Crippen LogP contribution in [0.3, 0.4) is 0 Å². The number of hydrogen-bond acceptors (Lipinski definition) is 4. The maximum atomic E-state index is 13.5. The highest BCUT2D eigenvalue weighted by atomic mass is 19.4. The van der Waals surface area contributed by atoms with Crippen LogP contribution < -0.4 is 9.47 Å². The van der Waals surface area contributed by atoms with Crippen molar-refractivity contribution in [1.29, 1.82) is 0 Å². The van der Waals surface area contributed by atoms with E-state index >= 15 is 0 Å². The minimum Gasteiger partial charge on any atom is -0.489 e. The molecule has 2 aromatic rings. The lowest BCUT2D eigenvalue weighted by Gasteiger charge is -2.34. The van der Waals surface area contributed by atoms with Crippen LogP contribution in [0, 0.1) is 5.82 Å². The molecule has 0 unspecified atom stereocenters. The normalized spacial score (nSPS) is 15.1. The lowest BCUT2D eigenvalue weighted by Crippen LogP contribution is -2.49. The van der Waals surface area contributed by atoms with E-state index in [4.69, 9.17) is 4.74 Å². The number of para-hydroxylation sites is 1. The van der Waals surface area contributed by atoms with Gasteiger partial charge in [0.15, 0.2) is 11.6 Å². The zero-order chi connectivity index (χ0) is 21.6. The summed E-state index contributed by atoms with van der Waals surface area (Å²) in [5, 5.41) is 0. The van der Waals surface area contributed by atoms with Gasteiger partial charge in [0, 0.05) is 32.7 Å². The number of carbonyl (C=O) groups excluding carboxylic acids is 1. The lowest BCUT2D eigenvalue weighted by atomic mass is 10.1. The van der Waals surface area contributed by atoms with Crippen molar-refractivity contribution in [2.75, 3.05) is 39.3 Å². The van der Waals surface area contributed by atoms with Crippen LogP contribution >= 0.6 is 0 Å². The first-order valence-electron chi connectivity index (χ1n) is 9.52. The van der Waals surface area contributed by atoms with Crippen LogP contribution in [0.5, 0.6) is 11.5 Å². The molecule has 9 heteroatoms. The summed E-state index contributed by atoms with van der Waals surface area (Å²) in [5.41, 5.74) is 0.621. The molecular formula is C21H22F4N2O3. The number of halogens is 4. The predicted octanol–water partition coefficient (Wildman–Crippen LogP) is 3.49. The molecule has 1 aliphatic rings. The van der Waals surface area contributed by atoms with Crippen LogP contribution in [0.15, 0.2) is 48.5 Å². The van der Waals surface area contributed by atoms with Crippen molar-refractivity contribution in [1.82, 2.24) is 9.80 Å². The Labute approximate surface area is 171 Å². The van der Waals surface area contributed by atoms with Crippen LogP contribution in [-0.2, 0) is 11.2 Å². The van der Waals surface area contributed by atoms with Crippen molar-refractivity contribution in [2.24, 2.45) is 0 Å². The van der Waals surface area contributed by atoms with Gasteiger partial charge in [0.2, 0.25) is 5.91 Å². The van der Waals surface area contributed by atoms with E-state index in [1.165, 1.54) is 30.3 Å². The number of carbonyl (C=O) groups is 1. The fourth-order valence-electron chi connectivity index (χ4n) is 3.16. The van der Waals surface area contributed by atoms with E-state index in [1.807, 2.05) is 0 Å². The van der Waals surface area contributed by atoms with Crippen molar-refractivity contribution < 1.29 is 31.8 Å². The minimum absolute atomic E-state index is 0.0817. The number of nitrogens with zero attached hydrogens (tertiary/aromatic N) is 2. The number of amides is 1. The lowest BCUT2D eigenvalue weighted by molar-refractivity contribution is -0.274. The SMILES string of the molecule is O=C(Cc1ccc(OC(F)(F)F)cc1)N1CCN(CCOc2ccccc2F)CC1. The van der Waals surface area contributed by atoms with Crippen LogP contribution in [-0.4, -0.2) is 61.4 Å². The summed E-state index contributed by atoms with van der Waals surface area (Å²) >= 11 is 0. The van der Waals surface area contributed by atoms with Gasteiger partial charge in [0.1, 0.15) is 12.4 Å². The molecule has 0 radical (unpaired) electrons. The second kappa shape index (κ2) is 9.80. The number of rotatable bonds is 7. The Bertz CT molecular complexity index is 835. The fraction of sp³-hybridized carbons (Fsp3) is 0.381. The average molecular weight is 426 g/mol. The van der Waals surface area contributed by atoms with Gasteiger partial charge in [-0.1, -0.05) is 24.3 Å². The number of hydrogen-bond donors (Lipinski definition) is 0. The summed E-state index contributed by atoms with van der Waals surface area (Å²) in [7, 11) is 0. The highest BCUT2D eigenvalue weighted by Gasteiger charge is 2.31. The van der Waals surface area contributed by atoms with Crippen molar-refractivity contribution in [3.8, 4) is 11.5 Å². The molecule has 30 heavy (non-hydrogen) atoms. The quantitative estimate of drug-likeness (QED) is 0.636. The van der Waals surface area contributed by atoms with E-state index < -0.39 is 12.2 Å². The maximum absolute atomic E-state index is 13.5. The van der Waals surface area contributed by atoms with E-state index in [1.54, 1.807) is 23.1 Å². The fourth-order valence-corrected chi connectivity index (χ4v) is 3.16. The molecule has 0 aliphatic carbocycles. The Morgan fingerprint density at radius 1 is 0.967 bits per heavy atom. The molecule has 1 saturated heterocycles. The van der Waals surface area contributed by atoms with Gasteiger partial charge in [0.05, 0.1) is 6.42 Å². The van der Waals surface area contributed by atoms with Crippen molar-refractivity contribution >= 4 is 5.91 Å². The molecule has 5 nitrogen and oxygen atoms in total. The van der Waals surface area contributed by atoms with E-state index in [-0.39, 0.29) is 23.8 Å². The highest BCUT2D eigenvalue weighted by Crippen LogP contribution is 2.23. The summed E-state index contributed by atoms with van der Waals surface area (Å²) in [4.78, 5) is 16.3. The largest absolute Gasteiger partial charge is 0.573 e. The molecule has 0 spiro atoms. The van der Waals surface area contributed by atoms with Crippen LogP contribution in [0.25, 0.3) is 0 Å². The number of benzene rings is 2. The zero-order valence-electron chi connectivity index (χ0n) is 16.2. The first-order valence-corrected chi connectivity index (χ1v) is 9.52. The first kappa shape index (κ1) is 21.9. The van der Waals surface area contributed by atoms with Gasteiger partial charge < -0.3 is 14.4 Å². The van der Waals surface area contributed by atoms with Crippen molar-refractivity contribution in [2.45, 2.75) is 12.8 Å². The summed E-state index contributed by atoms with van der Waals surface area (Å²) in [6.07, 6.45) is -4.62. The summed E-state index contributed by atoms with van der Waals surface area (Å²) in [5.74, 6) is -0.574. The van der Waals surface area contributed by atoms with E-state index in [0.29, 0.717) is 44.9 Å². The van der Waals surface area contributed by atoms with Crippen molar-refractivity contribution in [3.05, 3.63) is 59.9 Å². The average Bonchev–Trinajstić information content (AvgIpc) is 2.70. The maximum Gasteiger partial charge on any atom is 0.573 e. The van der Waals surface area contributed by atoms with Crippen molar-refractivity contribution in [3.63, 3.8) is 0 Å². The predicted molar refractivity (Wildman–Crippen MR) is 102 cm³/mol.